The van der Waals surface area contributed by atoms with Gasteiger partial charge in [-0.15, -0.1) is 0 Å². The summed E-state index contributed by atoms with van der Waals surface area (Å²) in [4.78, 5) is 29.8. The second-order valence-corrected chi connectivity index (χ2v) is 6.25. The molecule has 0 spiro atoms. The molecule has 0 fully saturated rings. The van der Waals surface area contributed by atoms with Crippen LogP contribution in [0.1, 0.15) is 32.1 Å². The lowest BCUT2D eigenvalue weighted by Crippen LogP contribution is -2.16. The van der Waals surface area contributed by atoms with Crippen molar-refractivity contribution >= 4 is 22.7 Å². The summed E-state index contributed by atoms with van der Waals surface area (Å²) in [6.07, 6.45) is 0. The number of carbonyl (C=O) groups excluding carboxylic acids is 2. The van der Waals surface area contributed by atoms with Crippen LogP contribution in [0.2, 0.25) is 0 Å². The van der Waals surface area contributed by atoms with Gasteiger partial charge in [-0.05, 0) is 30.7 Å². The minimum atomic E-state index is -0.583. The summed E-state index contributed by atoms with van der Waals surface area (Å²) in [6.45, 7) is 3.42. The molecular weight excluding hydrogens is 358 g/mol. The Balaban J connectivity index is 2.60. The van der Waals surface area contributed by atoms with Crippen molar-refractivity contribution in [2.75, 3.05) is 21.3 Å². The van der Waals surface area contributed by atoms with Crippen molar-refractivity contribution in [1.82, 2.24) is 4.98 Å². The average Bonchev–Trinajstić information content (AvgIpc) is 2.71. The zero-order valence-corrected chi connectivity index (χ0v) is 16.5. The van der Waals surface area contributed by atoms with Crippen LogP contribution in [0.25, 0.3) is 21.9 Å². The molecule has 0 radical (unpaired) electrons. The van der Waals surface area contributed by atoms with Gasteiger partial charge in [-0.25, -0.2) is 9.59 Å². The van der Waals surface area contributed by atoms with E-state index in [1.807, 2.05) is 36.4 Å². The van der Waals surface area contributed by atoms with Crippen molar-refractivity contribution in [3.63, 3.8) is 0 Å². The predicted octanol–water partition coefficient (Wildman–Crippen LogP) is 4.10. The lowest BCUT2D eigenvalue weighted by molar-refractivity contribution is 0.0599. The van der Waals surface area contributed by atoms with Crippen molar-refractivity contribution in [2.45, 2.75) is 13.8 Å². The Bertz CT molecular complexity index is 1050. The van der Waals surface area contributed by atoms with E-state index in [0.717, 1.165) is 10.8 Å². The number of aromatic nitrogens is 1. The monoisotopic (exact) mass is 379 g/mol. The zero-order chi connectivity index (χ0) is 20.4. The maximum atomic E-state index is 12.7. The highest BCUT2D eigenvalue weighted by molar-refractivity contribution is 6.13. The van der Waals surface area contributed by atoms with Gasteiger partial charge in [0.25, 0.3) is 0 Å². The quantitative estimate of drug-likeness (QED) is 0.636. The molecular formula is C22H21NO5. The van der Waals surface area contributed by atoms with Gasteiger partial charge in [-0.1, -0.05) is 30.3 Å². The summed E-state index contributed by atoms with van der Waals surface area (Å²) in [6, 6.07) is 11.4. The van der Waals surface area contributed by atoms with Gasteiger partial charge >= 0.3 is 11.9 Å². The first kappa shape index (κ1) is 19.4. The number of carbonyl (C=O) groups is 2. The Morgan fingerprint density at radius 1 is 0.786 bits per heavy atom. The van der Waals surface area contributed by atoms with Crippen LogP contribution < -0.4 is 4.74 Å². The molecule has 0 saturated carbocycles. The number of benzene rings is 2. The van der Waals surface area contributed by atoms with Crippen LogP contribution in [0.4, 0.5) is 0 Å². The Kier molecular flexibility index (Phi) is 5.31. The minimum Gasteiger partial charge on any atom is -0.496 e. The predicted molar refractivity (Wildman–Crippen MR) is 106 cm³/mol. The normalized spacial score (nSPS) is 10.6. The number of rotatable bonds is 4. The lowest BCUT2D eigenvalue weighted by Gasteiger charge is -2.20. The summed E-state index contributed by atoms with van der Waals surface area (Å²) in [5.41, 5.74) is 2.36. The first-order valence-electron chi connectivity index (χ1n) is 8.68. The van der Waals surface area contributed by atoms with Crippen LogP contribution in [0, 0.1) is 13.8 Å². The molecule has 0 unspecified atom stereocenters. The first-order valence-corrected chi connectivity index (χ1v) is 8.68. The van der Waals surface area contributed by atoms with Gasteiger partial charge in [-0.2, -0.15) is 0 Å². The van der Waals surface area contributed by atoms with Crippen molar-refractivity contribution in [1.29, 1.82) is 0 Å². The fourth-order valence-corrected chi connectivity index (χ4v) is 3.48. The molecule has 3 aromatic rings. The maximum absolute atomic E-state index is 12.7. The first-order chi connectivity index (χ1) is 13.4. The number of ether oxygens (including phenoxy) is 3. The van der Waals surface area contributed by atoms with Crippen molar-refractivity contribution in [3.8, 4) is 16.9 Å². The molecule has 28 heavy (non-hydrogen) atoms. The molecule has 0 atom stereocenters. The smallest absolute Gasteiger partial charge is 0.340 e. The van der Waals surface area contributed by atoms with E-state index < -0.39 is 11.9 Å². The standard InChI is InChI=1S/C22H21NO5/c1-12-17(21(24)27-4)20(18(13(2)23-12)22(25)28-5)19-15-9-7-6-8-14(15)10-11-16(19)26-3/h6-11H,1-5H3. The van der Waals surface area contributed by atoms with Crippen molar-refractivity contribution in [3.05, 3.63) is 58.9 Å². The topological polar surface area (TPSA) is 74.7 Å². The van der Waals surface area contributed by atoms with Gasteiger partial charge < -0.3 is 14.2 Å². The van der Waals surface area contributed by atoms with Crippen LogP contribution in [-0.2, 0) is 9.47 Å². The number of fused-ring (bicyclic) bond motifs is 1. The molecule has 6 heteroatoms. The molecule has 0 amide bonds. The SMILES string of the molecule is COC(=O)c1c(C)nc(C)c(C(=O)OC)c1-c1c(OC)ccc2ccccc12. The van der Waals surface area contributed by atoms with Gasteiger partial charge in [-0.3, -0.25) is 4.98 Å². The fraction of sp³-hybridized carbons (Fsp3) is 0.227. The third-order valence-corrected chi connectivity index (χ3v) is 4.70. The molecule has 0 aliphatic heterocycles. The van der Waals surface area contributed by atoms with Crippen LogP contribution >= 0.6 is 0 Å². The Hall–Kier alpha value is -3.41. The highest BCUT2D eigenvalue weighted by Crippen LogP contribution is 2.42. The number of esters is 2. The Morgan fingerprint density at radius 2 is 1.36 bits per heavy atom. The Labute approximate surface area is 163 Å². The second-order valence-electron chi connectivity index (χ2n) is 6.25. The van der Waals surface area contributed by atoms with E-state index in [-0.39, 0.29) is 11.1 Å². The summed E-state index contributed by atoms with van der Waals surface area (Å²) in [5.74, 6) is -0.640. The maximum Gasteiger partial charge on any atom is 0.340 e. The molecule has 0 saturated heterocycles. The molecule has 0 aliphatic rings. The van der Waals surface area contributed by atoms with Gasteiger partial charge in [0, 0.05) is 11.1 Å². The van der Waals surface area contributed by atoms with Crippen molar-refractivity contribution < 1.29 is 23.8 Å². The number of methoxy groups -OCH3 is 3. The summed E-state index contributed by atoms with van der Waals surface area (Å²) in [5, 5.41) is 1.78. The van der Waals surface area contributed by atoms with Gasteiger partial charge in [0.1, 0.15) is 5.75 Å². The summed E-state index contributed by atoms with van der Waals surface area (Å²) >= 11 is 0. The third kappa shape index (κ3) is 3.07. The Morgan fingerprint density at radius 3 is 1.89 bits per heavy atom. The van der Waals surface area contributed by atoms with Crippen LogP contribution in [0.3, 0.4) is 0 Å². The fourth-order valence-electron chi connectivity index (χ4n) is 3.48. The van der Waals surface area contributed by atoms with Gasteiger partial charge in [0.2, 0.25) is 0 Å². The summed E-state index contributed by atoms with van der Waals surface area (Å²) < 4.78 is 15.6. The number of hydrogen-bond donors (Lipinski definition) is 0. The second kappa shape index (κ2) is 7.68. The molecule has 6 nitrogen and oxygen atoms in total. The molecule has 3 rings (SSSR count). The van der Waals surface area contributed by atoms with E-state index in [2.05, 4.69) is 4.98 Å². The average molecular weight is 379 g/mol. The van der Waals surface area contributed by atoms with Crippen LogP contribution in [-0.4, -0.2) is 38.3 Å². The number of pyridine rings is 1. The largest absolute Gasteiger partial charge is 0.496 e. The van der Waals surface area contributed by atoms with Crippen molar-refractivity contribution in [2.24, 2.45) is 0 Å². The molecule has 1 heterocycles. The highest BCUT2D eigenvalue weighted by Gasteiger charge is 2.29. The number of hydrogen-bond acceptors (Lipinski definition) is 6. The van der Waals surface area contributed by atoms with Gasteiger partial charge in [0.05, 0.1) is 43.8 Å². The molecule has 0 aliphatic carbocycles. The van der Waals surface area contributed by atoms with E-state index in [0.29, 0.717) is 28.3 Å². The molecule has 144 valence electrons. The van der Waals surface area contributed by atoms with E-state index in [1.54, 1.807) is 21.0 Å². The van der Waals surface area contributed by atoms with Gasteiger partial charge in [0.15, 0.2) is 0 Å². The summed E-state index contributed by atoms with van der Waals surface area (Å²) in [7, 11) is 4.14. The number of nitrogens with zero attached hydrogens (tertiary/aromatic N) is 1. The van der Waals surface area contributed by atoms with Crippen LogP contribution in [0.15, 0.2) is 36.4 Å². The van der Waals surface area contributed by atoms with E-state index in [4.69, 9.17) is 14.2 Å². The van der Waals surface area contributed by atoms with Crippen LogP contribution in [0.5, 0.6) is 5.75 Å². The minimum absolute atomic E-state index is 0.211. The molecule has 0 N–H and O–H groups in total. The number of aryl methyl sites for hydroxylation is 2. The van der Waals surface area contributed by atoms with E-state index in [9.17, 15) is 9.59 Å². The zero-order valence-electron chi connectivity index (χ0n) is 16.5. The molecule has 2 aromatic carbocycles. The highest BCUT2D eigenvalue weighted by atomic mass is 16.5. The van der Waals surface area contributed by atoms with E-state index in [1.165, 1.54) is 14.2 Å². The lowest BCUT2D eigenvalue weighted by atomic mass is 9.88. The third-order valence-electron chi connectivity index (χ3n) is 4.70. The van der Waals surface area contributed by atoms with E-state index >= 15 is 0 Å². The molecule has 0 bridgehead atoms. The molecule has 1 aromatic heterocycles.